The molecule has 0 aromatic rings. The molecule has 0 aromatic carbocycles. The summed E-state index contributed by atoms with van der Waals surface area (Å²) in [7, 11) is 4.02. The molecule has 6 heteroatoms. The van der Waals surface area contributed by atoms with Crippen LogP contribution in [0.5, 0.6) is 0 Å². The molecule has 5 nitrogen and oxygen atoms in total. The number of halogens is 1. The Balaban J connectivity index is 4.29. The zero-order valence-electron chi connectivity index (χ0n) is 22.0. The second-order valence-electron chi connectivity index (χ2n) is 9.60. The summed E-state index contributed by atoms with van der Waals surface area (Å²) in [5.74, 6) is -0.599. The van der Waals surface area contributed by atoms with Crippen LogP contribution in [0.1, 0.15) is 123 Å². The minimum absolute atomic E-state index is 0.0760. The Bertz CT molecular complexity index is 457. The van der Waals surface area contributed by atoms with Gasteiger partial charge in [-0.3, -0.25) is 9.59 Å². The van der Waals surface area contributed by atoms with Gasteiger partial charge in [0.1, 0.15) is 6.61 Å². The van der Waals surface area contributed by atoms with Gasteiger partial charge >= 0.3 is 11.9 Å². The normalized spacial score (nSPS) is 12.3. The van der Waals surface area contributed by atoms with Gasteiger partial charge in [-0.2, -0.15) is 0 Å². The highest BCUT2D eigenvalue weighted by atomic mass is 35.5. The molecule has 0 aliphatic heterocycles. The molecule has 0 aliphatic rings. The van der Waals surface area contributed by atoms with Gasteiger partial charge in [0.25, 0.3) is 0 Å². The van der Waals surface area contributed by atoms with E-state index < -0.39 is 5.56 Å². The lowest BCUT2D eigenvalue weighted by Gasteiger charge is -2.18. The van der Waals surface area contributed by atoms with Gasteiger partial charge in [0, 0.05) is 6.42 Å². The molecule has 1 unspecified atom stereocenters. The summed E-state index contributed by atoms with van der Waals surface area (Å²) >= 11 is 6.11. The molecule has 0 bridgehead atoms. The van der Waals surface area contributed by atoms with E-state index >= 15 is 0 Å². The SMILES string of the molecule is CCCCCCCCC(CCCCCCCC)C(=O)OCC(Cl)OC(=O)CCCCN(C)C. The van der Waals surface area contributed by atoms with E-state index in [1.165, 1.54) is 64.2 Å². The average molecular weight is 490 g/mol. The zero-order valence-corrected chi connectivity index (χ0v) is 22.8. The molecule has 0 rings (SSSR count). The Kier molecular flexibility index (Phi) is 22.4. The van der Waals surface area contributed by atoms with Crippen molar-refractivity contribution in [3.63, 3.8) is 0 Å². The molecule has 0 aromatic heterocycles. The number of esters is 2. The molecule has 0 spiro atoms. The molecule has 0 saturated heterocycles. The Hall–Kier alpha value is -0.810. The fourth-order valence-corrected chi connectivity index (χ4v) is 4.08. The summed E-state index contributed by atoms with van der Waals surface area (Å²) in [6, 6.07) is 0. The van der Waals surface area contributed by atoms with Crippen molar-refractivity contribution in [2.75, 3.05) is 27.2 Å². The second-order valence-corrected chi connectivity index (χ2v) is 10.1. The summed E-state index contributed by atoms with van der Waals surface area (Å²) in [6.45, 7) is 5.31. The largest absolute Gasteiger partial charge is 0.460 e. The molecule has 1 atom stereocenters. The molecule has 196 valence electrons. The predicted octanol–water partition coefficient (Wildman–Crippen LogP) is 7.49. The first-order valence-electron chi connectivity index (χ1n) is 13.6. The van der Waals surface area contributed by atoms with E-state index in [2.05, 4.69) is 18.7 Å². The van der Waals surface area contributed by atoms with Crippen molar-refractivity contribution in [1.29, 1.82) is 0 Å². The third-order valence-corrected chi connectivity index (χ3v) is 6.21. The summed E-state index contributed by atoms with van der Waals surface area (Å²) in [5.41, 5.74) is -0.918. The zero-order chi connectivity index (χ0) is 24.7. The van der Waals surface area contributed by atoms with Gasteiger partial charge in [-0.15, -0.1) is 0 Å². The molecule has 0 amide bonds. The number of hydrogen-bond donors (Lipinski definition) is 0. The van der Waals surface area contributed by atoms with Crippen molar-refractivity contribution in [3.8, 4) is 0 Å². The van der Waals surface area contributed by atoms with Crippen LogP contribution in [0.2, 0.25) is 0 Å². The quantitative estimate of drug-likeness (QED) is 0.0845. The summed E-state index contributed by atoms with van der Waals surface area (Å²) in [5, 5.41) is 0. The minimum atomic E-state index is -0.918. The number of rotatable bonds is 23. The maximum Gasteiger partial charge on any atom is 0.309 e. The van der Waals surface area contributed by atoms with Crippen LogP contribution in [-0.2, 0) is 19.1 Å². The van der Waals surface area contributed by atoms with Gasteiger partial charge in [0.05, 0.1) is 5.92 Å². The van der Waals surface area contributed by atoms with Gasteiger partial charge in [-0.25, -0.2) is 0 Å². The Morgan fingerprint density at radius 1 is 0.758 bits per heavy atom. The van der Waals surface area contributed by atoms with Crippen LogP contribution in [0.3, 0.4) is 0 Å². The number of carbonyl (C=O) groups is 2. The van der Waals surface area contributed by atoms with E-state index in [1.807, 2.05) is 14.1 Å². The van der Waals surface area contributed by atoms with Crippen molar-refractivity contribution < 1.29 is 19.1 Å². The standard InChI is InChI=1S/C27H52ClNO4/c1-5-7-9-11-13-15-19-24(20-16-14-12-10-8-6-2)27(31)32-23-25(28)33-26(30)21-17-18-22-29(3)4/h24-25H,5-23H2,1-4H3. The van der Waals surface area contributed by atoms with Crippen molar-refractivity contribution in [2.24, 2.45) is 5.92 Å². The van der Waals surface area contributed by atoms with Gasteiger partial charge in [-0.05, 0) is 46.3 Å². The van der Waals surface area contributed by atoms with Crippen LogP contribution in [-0.4, -0.2) is 49.6 Å². The fraction of sp³-hybridized carbons (Fsp3) is 0.926. The van der Waals surface area contributed by atoms with Crippen molar-refractivity contribution in [2.45, 2.75) is 129 Å². The van der Waals surface area contributed by atoms with Gasteiger partial charge < -0.3 is 14.4 Å². The highest BCUT2D eigenvalue weighted by Crippen LogP contribution is 2.21. The lowest BCUT2D eigenvalue weighted by Crippen LogP contribution is -2.24. The van der Waals surface area contributed by atoms with E-state index in [0.29, 0.717) is 6.42 Å². The molecule has 33 heavy (non-hydrogen) atoms. The third kappa shape index (κ3) is 21.5. The Morgan fingerprint density at radius 2 is 1.27 bits per heavy atom. The number of alkyl halides is 1. The number of nitrogens with zero attached hydrogens (tertiary/aromatic N) is 1. The average Bonchev–Trinajstić information content (AvgIpc) is 2.78. The maximum atomic E-state index is 12.7. The number of unbranched alkanes of at least 4 members (excludes halogenated alkanes) is 11. The molecule has 0 heterocycles. The first kappa shape index (κ1) is 32.2. The van der Waals surface area contributed by atoms with Gasteiger partial charge in [0.15, 0.2) is 0 Å². The highest BCUT2D eigenvalue weighted by Gasteiger charge is 2.21. The topological polar surface area (TPSA) is 55.8 Å². The predicted molar refractivity (Wildman–Crippen MR) is 139 cm³/mol. The van der Waals surface area contributed by atoms with E-state index in [9.17, 15) is 9.59 Å². The molecule has 0 N–H and O–H groups in total. The molecular formula is C27H52ClNO4. The molecular weight excluding hydrogens is 438 g/mol. The van der Waals surface area contributed by atoms with E-state index in [-0.39, 0.29) is 24.5 Å². The summed E-state index contributed by atoms with van der Waals surface area (Å²) in [4.78, 5) is 26.7. The number of ether oxygens (including phenoxy) is 2. The maximum absolute atomic E-state index is 12.7. The number of carbonyl (C=O) groups excluding carboxylic acids is 2. The van der Waals surface area contributed by atoms with Crippen LogP contribution in [0.15, 0.2) is 0 Å². The van der Waals surface area contributed by atoms with Crippen LogP contribution in [0, 0.1) is 5.92 Å². The van der Waals surface area contributed by atoms with Crippen LogP contribution < -0.4 is 0 Å². The smallest absolute Gasteiger partial charge is 0.309 e. The Labute approximate surface area is 209 Å². The first-order valence-corrected chi connectivity index (χ1v) is 14.0. The fourth-order valence-electron chi connectivity index (χ4n) is 3.92. The van der Waals surface area contributed by atoms with E-state index in [1.54, 1.807) is 0 Å². The molecule has 0 radical (unpaired) electrons. The lowest BCUT2D eigenvalue weighted by atomic mass is 9.94. The number of hydrogen-bond acceptors (Lipinski definition) is 5. The second kappa shape index (κ2) is 23.0. The van der Waals surface area contributed by atoms with E-state index in [4.69, 9.17) is 21.1 Å². The molecule has 0 saturated carbocycles. The van der Waals surface area contributed by atoms with Crippen molar-refractivity contribution >= 4 is 23.5 Å². The van der Waals surface area contributed by atoms with Crippen LogP contribution >= 0.6 is 11.6 Å². The highest BCUT2D eigenvalue weighted by molar-refractivity contribution is 6.20. The third-order valence-electron chi connectivity index (χ3n) is 6.00. The van der Waals surface area contributed by atoms with Crippen LogP contribution in [0.25, 0.3) is 0 Å². The van der Waals surface area contributed by atoms with Crippen LogP contribution in [0.4, 0.5) is 0 Å². The molecule has 0 fully saturated rings. The lowest BCUT2D eigenvalue weighted by molar-refractivity contribution is -0.157. The van der Waals surface area contributed by atoms with Gasteiger partial charge in [-0.1, -0.05) is 102 Å². The monoisotopic (exact) mass is 489 g/mol. The summed E-state index contributed by atoms with van der Waals surface area (Å²) < 4.78 is 10.7. The first-order chi connectivity index (χ1) is 15.9. The minimum Gasteiger partial charge on any atom is -0.460 e. The van der Waals surface area contributed by atoms with E-state index in [0.717, 1.165) is 45.1 Å². The van der Waals surface area contributed by atoms with Crippen molar-refractivity contribution in [3.05, 3.63) is 0 Å². The summed E-state index contributed by atoms with van der Waals surface area (Å²) in [6.07, 6.45) is 18.3. The molecule has 0 aliphatic carbocycles. The Morgan fingerprint density at radius 3 is 1.79 bits per heavy atom. The van der Waals surface area contributed by atoms with Gasteiger partial charge in [0.2, 0.25) is 5.56 Å². The van der Waals surface area contributed by atoms with Crippen molar-refractivity contribution in [1.82, 2.24) is 4.90 Å².